The minimum absolute atomic E-state index is 0.0539. The maximum absolute atomic E-state index is 12.5. The fourth-order valence-electron chi connectivity index (χ4n) is 2.45. The van der Waals surface area contributed by atoms with Crippen molar-refractivity contribution in [3.63, 3.8) is 0 Å². The standard InChI is InChI=1S/C12H20ClNO3/c1-9-8-16-10(6-13)7-14(9)11(15)12(2)4-3-5-17-12/h9-10H,3-8H2,1-2H3. The molecular formula is C12H20ClNO3. The minimum Gasteiger partial charge on any atom is -0.373 e. The molecule has 3 unspecified atom stereocenters. The van der Waals surface area contributed by atoms with Crippen LogP contribution < -0.4 is 0 Å². The number of carbonyl (C=O) groups excluding carboxylic acids is 1. The molecule has 2 heterocycles. The number of hydrogen-bond donors (Lipinski definition) is 0. The van der Waals surface area contributed by atoms with Crippen LogP contribution in [0.5, 0.6) is 0 Å². The van der Waals surface area contributed by atoms with Crippen LogP contribution in [0.2, 0.25) is 0 Å². The number of carbonyl (C=O) groups is 1. The van der Waals surface area contributed by atoms with E-state index in [1.165, 1.54) is 0 Å². The summed E-state index contributed by atoms with van der Waals surface area (Å²) in [6.07, 6.45) is 1.71. The maximum Gasteiger partial charge on any atom is 0.254 e. The van der Waals surface area contributed by atoms with Gasteiger partial charge in [0.25, 0.3) is 5.91 Å². The summed E-state index contributed by atoms with van der Waals surface area (Å²) in [4.78, 5) is 14.4. The molecule has 0 saturated carbocycles. The first-order valence-corrected chi connectivity index (χ1v) is 6.73. The van der Waals surface area contributed by atoms with E-state index < -0.39 is 5.60 Å². The van der Waals surface area contributed by atoms with Crippen molar-refractivity contribution in [2.24, 2.45) is 0 Å². The van der Waals surface area contributed by atoms with E-state index in [-0.39, 0.29) is 18.1 Å². The van der Waals surface area contributed by atoms with Gasteiger partial charge in [0.15, 0.2) is 0 Å². The maximum atomic E-state index is 12.5. The van der Waals surface area contributed by atoms with E-state index in [2.05, 4.69) is 0 Å². The lowest BCUT2D eigenvalue weighted by Gasteiger charge is -2.40. The van der Waals surface area contributed by atoms with E-state index in [1.54, 1.807) is 0 Å². The van der Waals surface area contributed by atoms with Crippen LogP contribution in [0, 0.1) is 0 Å². The first kappa shape index (κ1) is 13.1. The van der Waals surface area contributed by atoms with Gasteiger partial charge in [-0.15, -0.1) is 11.6 Å². The van der Waals surface area contributed by atoms with E-state index in [0.29, 0.717) is 25.6 Å². The van der Waals surface area contributed by atoms with Crippen LogP contribution in [0.1, 0.15) is 26.7 Å². The van der Waals surface area contributed by atoms with Crippen molar-refractivity contribution in [3.8, 4) is 0 Å². The summed E-state index contributed by atoms with van der Waals surface area (Å²) >= 11 is 5.80. The number of hydrogen-bond acceptors (Lipinski definition) is 3. The van der Waals surface area contributed by atoms with Crippen molar-refractivity contribution in [2.75, 3.05) is 25.6 Å². The van der Waals surface area contributed by atoms with Gasteiger partial charge in [0.1, 0.15) is 5.60 Å². The van der Waals surface area contributed by atoms with E-state index in [9.17, 15) is 4.79 Å². The highest BCUT2D eigenvalue weighted by Gasteiger charge is 2.43. The highest BCUT2D eigenvalue weighted by molar-refractivity contribution is 6.18. The highest BCUT2D eigenvalue weighted by atomic mass is 35.5. The average Bonchev–Trinajstić information content (AvgIpc) is 2.77. The van der Waals surface area contributed by atoms with Crippen molar-refractivity contribution in [3.05, 3.63) is 0 Å². The molecule has 2 aliphatic rings. The molecule has 4 nitrogen and oxygen atoms in total. The van der Waals surface area contributed by atoms with Crippen LogP contribution in [-0.4, -0.2) is 54.2 Å². The van der Waals surface area contributed by atoms with Crippen molar-refractivity contribution in [1.82, 2.24) is 4.90 Å². The van der Waals surface area contributed by atoms with Crippen LogP contribution >= 0.6 is 11.6 Å². The first-order valence-electron chi connectivity index (χ1n) is 6.19. The lowest BCUT2D eigenvalue weighted by atomic mass is 9.99. The highest BCUT2D eigenvalue weighted by Crippen LogP contribution is 2.29. The number of morpholine rings is 1. The topological polar surface area (TPSA) is 38.8 Å². The monoisotopic (exact) mass is 261 g/mol. The van der Waals surface area contributed by atoms with Gasteiger partial charge in [-0.05, 0) is 26.7 Å². The number of alkyl halides is 1. The van der Waals surface area contributed by atoms with Crippen LogP contribution in [0.25, 0.3) is 0 Å². The third-order valence-electron chi connectivity index (χ3n) is 3.61. The second-order valence-corrected chi connectivity index (χ2v) is 5.41. The largest absolute Gasteiger partial charge is 0.373 e. The summed E-state index contributed by atoms with van der Waals surface area (Å²) < 4.78 is 11.2. The van der Waals surface area contributed by atoms with Gasteiger partial charge in [-0.1, -0.05) is 0 Å². The van der Waals surface area contributed by atoms with Gasteiger partial charge < -0.3 is 14.4 Å². The number of ether oxygens (including phenoxy) is 2. The molecule has 0 aromatic rings. The van der Waals surface area contributed by atoms with Crippen LogP contribution in [0.3, 0.4) is 0 Å². The molecular weight excluding hydrogens is 242 g/mol. The van der Waals surface area contributed by atoms with Crippen LogP contribution in [0.15, 0.2) is 0 Å². The Morgan fingerprint density at radius 3 is 2.94 bits per heavy atom. The molecule has 98 valence electrons. The summed E-state index contributed by atoms with van der Waals surface area (Å²) in [7, 11) is 0. The quantitative estimate of drug-likeness (QED) is 0.706. The Hall–Kier alpha value is -0.320. The predicted molar refractivity (Wildman–Crippen MR) is 65.2 cm³/mol. The Morgan fingerprint density at radius 1 is 1.59 bits per heavy atom. The second-order valence-electron chi connectivity index (χ2n) is 5.10. The Balaban J connectivity index is 2.06. The molecule has 0 spiro atoms. The summed E-state index contributed by atoms with van der Waals surface area (Å²) in [6, 6.07) is 0.1000. The Labute approximate surface area is 107 Å². The molecule has 2 fully saturated rings. The number of amides is 1. The van der Waals surface area contributed by atoms with Crippen molar-refractivity contribution >= 4 is 17.5 Å². The fraction of sp³-hybridized carbons (Fsp3) is 0.917. The normalized spacial score (nSPS) is 38.4. The second kappa shape index (κ2) is 5.12. The molecule has 0 aliphatic carbocycles. The zero-order valence-electron chi connectivity index (χ0n) is 10.4. The molecule has 2 saturated heterocycles. The third kappa shape index (κ3) is 2.59. The van der Waals surface area contributed by atoms with Gasteiger partial charge in [-0.25, -0.2) is 0 Å². The third-order valence-corrected chi connectivity index (χ3v) is 3.95. The number of rotatable bonds is 2. The van der Waals surface area contributed by atoms with E-state index >= 15 is 0 Å². The molecule has 0 N–H and O–H groups in total. The summed E-state index contributed by atoms with van der Waals surface area (Å²) in [5.41, 5.74) is -0.636. The minimum atomic E-state index is -0.636. The molecule has 5 heteroatoms. The van der Waals surface area contributed by atoms with Crippen molar-refractivity contribution < 1.29 is 14.3 Å². The van der Waals surface area contributed by atoms with E-state index in [4.69, 9.17) is 21.1 Å². The van der Waals surface area contributed by atoms with Gasteiger partial charge in [0.05, 0.1) is 24.6 Å². The van der Waals surface area contributed by atoms with E-state index in [1.807, 2.05) is 18.7 Å². The summed E-state index contributed by atoms with van der Waals surface area (Å²) in [5, 5.41) is 0. The fourth-order valence-corrected chi connectivity index (χ4v) is 2.63. The zero-order chi connectivity index (χ0) is 12.5. The average molecular weight is 262 g/mol. The lowest BCUT2D eigenvalue weighted by molar-refractivity contribution is -0.162. The zero-order valence-corrected chi connectivity index (χ0v) is 11.2. The van der Waals surface area contributed by atoms with Gasteiger partial charge in [-0.3, -0.25) is 4.79 Å². The smallest absolute Gasteiger partial charge is 0.254 e. The van der Waals surface area contributed by atoms with Gasteiger partial charge in [0, 0.05) is 13.2 Å². The molecule has 0 aromatic carbocycles. The molecule has 2 rings (SSSR count). The Bertz CT molecular complexity index is 291. The molecule has 0 radical (unpaired) electrons. The van der Waals surface area contributed by atoms with Gasteiger partial charge >= 0.3 is 0 Å². The molecule has 1 amide bonds. The van der Waals surface area contributed by atoms with Gasteiger partial charge in [0.2, 0.25) is 0 Å². The number of nitrogens with zero attached hydrogens (tertiary/aromatic N) is 1. The van der Waals surface area contributed by atoms with E-state index in [0.717, 1.165) is 12.8 Å². The molecule has 0 aromatic heterocycles. The van der Waals surface area contributed by atoms with Gasteiger partial charge in [-0.2, -0.15) is 0 Å². The molecule has 17 heavy (non-hydrogen) atoms. The predicted octanol–water partition coefficient (Wildman–Crippen LogP) is 1.41. The molecule has 0 bridgehead atoms. The van der Waals surface area contributed by atoms with Crippen molar-refractivity contribution in [2.45, 2.75) is 44.4 Å². The molecule has 3 atom stereocenters. The molecule has 2 aliphatic heterocycles. The number of halogens is 1. The Morgan fingerprint density at radius 2 is 2.35 bits per heavy atom. The first-order chi connectivity index (χ1) is 8.07. The summed E-state index contributed by atoms with van der Waals surface area (Å²) in [6.45, 7) is 5.70. The lowest BCUT2D eigenvalue weighted by Crippen LogP contribution is -2.57. The van der Waals surface area contributed by atoms with Crippen LogP contribution in [-0.2, 0) is 14.3 Å². The Kier molecular flexibility index (Phi) is 3.95. The SMILES string of the molecule is CC1COC(CCl)CN1C(=O)C1(C)CCCO1. The van der Waals surface area contributed by atoms with Crippen LogP contribution in [0.4, 0.5) is 0 Å². The summed E-state index contributed by atoms with van der Waals surface area (Å²) in [5.74, 6) is 0.509. The van der Waals surface area contributed by atoms with Crippen molar-refractivity contribution in [1.29, 1.82) is 0 Å².